The van der Waals surface area contributed by atoms with Crippen LogP contribution in [-0.4, -0.2) is 25.5 Å². The van der Waals surface area contributed by atoms with Gasteiger partial charge in [-0.05, 0) is 43.5 Å². The number of nitrogens with one attached hydrogen (secondary N) is 1. The molecule has 0 fully saturated rings. The molecule has 27 heavy (non-hydrogen) atoms. The molecule has 0 spiro atoms. The van der Waals surface area contributed by atoms with Crippen molar-refractivity contribution in [2.45, 2.75) is 33.1 Å². The lowest BCUT2D eigenvalue weighted by atomic mass is 9.84. The van der Waals surface area contributed by atoms with Crippen LogP contribution >= 0.6 is 15.9 Å². The number of hydrogen-bond acceptors (Lipinski definition) is 5. The molecular formula is C20H22BrNO5. The number of rotatable bonds is 4. The van der Waals surface area contributed by atoms with Crippen LogP contribution in [-0.2, 0) is 25.5 Å². The van der Waals surface area contributed by atoms with E-state index in [2.05, 4.69) is 21.2 Å². The lowest BCUT2D eigenvalue weighted by Crippen LogP contribution is -2.40. The Morgan fingerprint density at radius 1 is 1.33 bits per heavy atom. The molecule has 144 valence electrons. The summed E-state index contributed by atoms with van der Waals surface area (Å²) < 4.78 is 16.9. The quantitative estimate of drug-likeness (QED) is 0.571. The average Bonchev–Trinajstić information content (AvgIpc) is 3.03. The second-order valence-electron chi connectivity index (χ2n) is 6.72. The maximum Gasteiger partial charge on any atom is 0.410 e. The number of methoxy groups -OCH3 is 1. The summed E-state index contributed by atoms with van der Waals surface area (Å²) in [7, 11) is 1.34. The van der Waals surface area contributed by atoms with Crippen molar-refractivity contribution >= 4 is 28.0 Å². The highest BCUT2D eigenvalue weighted by Crippen LogP contribution is 2.43. The van der Waals surface area contributed by atoms with Gasteiger partial charge < -0.3 is 19.5 Å². The zero-order valence-corrected chi connectivity index (χ0v) is 17.0. The molecule has 0 saturated heterocycles. The topological polar surface area (TPSA) is 73.9 Å². The number of amides is 1. The molecule has 2 aliphatic rings. The predicted molar refractivity (Wildman–Crippen MR) is 103 cm³/mol. The minimum absolute atomic E-state index is 0.0993. The van der Waals surface area contributed by atoms with E-state index in [4.69, 9.17) is 14.2 Å². The van der Waals surface area contributed by atoms with E-state index in [0.717, 1.165) is 21.2 Å². The van der Waals surface area contributed by atoms with Crippen molar-refractivity contribution in [2.24, 2.45) is 11.8 Å². The fourth-order valence-corrected chi connectivity index (χ4v) is 4.02. The lowest BCUT2D eigenvalue weighted by molar-refractivity contribution is -0.141. The Morgan fingerprint density at radius 2 is 2.11 bits per heavy atom. The standard InChI is InChI=1S/C20H22BrNO5/c1-11-4-7-15-16(18(23)25-3)10-26-19(17(11)15)27-20(24)22-9-13-5-6-14(21)8-12(13)2/h4-6,8,10,15,17,19H,7,9H2,1-3H3,(H,22,24). The highest BCUT2D eigenvalue weighted by molar-refractivity contribution is 9.10. The third kappa shape index (κ3) is 4.18. The largest absolute Gasteiger partial charge is 0.466 e. The maximum atomic E-state index is 12.3. The zero-order valence-electron chi connectivity index (χ0n) is 15.5. The smallest absolute Gasteiger partial charge is 0.410 e. The predicted octanol–water partition coefficient (Wildman–Crippen LogP) is 3.98. The molecule has 7 heteroatoms. The highest BCUT2D eigenvalue weighted by Gasteiger charge is 2.44. The van der Waals surface area contributed by atoms with Crippen LogP contribution in [0.1, 0.15) is 24.5 Å². The van der Waals surface area contributed by atoms with Crippen molar-refractivity contribution in [3.05, 3.63) is 57.3 Å². The molecule has 1 aliphatic carbocycles. The summed E-state index contributed by atoms with van der Waals surface area (Å²) in [5.41, 5.74) is 3.58. The van der Waals surface area contributed by atoms with E-state index in [-0.39, 0.29) is 11.8 Å². The molecule has 0 aromatic heterocycles. The summed E-state index contributed by atoms with van der Waals surface area (Å²) >= 11 is 3.42. The van der Waals surface area contributed by atoms with Gasteiger partial charge in [0.05, 0.1) is 24.9 Å². The molecular weight excluding hydrogens is 414 g/mol. The van der Waals surface area contributed by atoms with Crippen molar-refractivity contribution < 1.29 is 23.8 Å². The molecule has 1 heterocycles. The number of fused-ring (bicyclic) bond motifs is 1. The van der Waals surface area contributed by atoms with Gasteiger partial charge in [-0.3, -0.25) is 0 Å². The molecule has 0 bridgehead atoms. The third-order valence-corrected chi connectivity index (χ3v) is 5.54. The molecule has 1 N–H and O–H groups in total. The fourth-order valence-electron chi connectivity index (χ4n) is 3.54. The molecule has 1 aromatic rings. The molecule has 3 unspecified atom stereocenters. The van der Waals surface area contributed by atoms with E-state index in [1.54, 1.807) is 0 Å². The van der Waals surface area contributed by atoms with Gasteiger partial charge in [0.15, 0.2) is 0 Å². The van der Waals surface area contributed by atoms with Crippen LogP contribution in [0.25, 0.3) is 0 Å². The number of carbonyl (C=O) groups excluding carboxylic acids is 2. The van der Waals surface area contributed by atoms with Crippen LogP contribution < -0.4 is 5.32 Å². The number of alkyl carbamates (subject to hydrolysis) is 1. The minimum Gasteiger partial charge on any atom is -0.466 e. The van der Waals surface area contributed by atoms with Gasteiger partial charge in [0.1, 0.15) is 0 Å². The Balaban J connectivity index is 1.64. The second kappa shape index (κ2) is 8.17. The number of hydrogen-bond donors (Lipinski definition) is 1. The number of halogens is 1. The molecule has 1 aromatic carbocycles. The number of ether oxygens (including phenoxy) is 3. The van der Waals surface area contributed by atoms with Crippen molar-refractivity contribution in [3.8, 4) is 0 Å². The first-order valence-electron chi connectivity index (χ1n) is 8.70. The van der Waals surface area contributed by atoms with E-state index in [1.807, 2.05) is 38.1 Å². The van der Waals surface area contributed by atoms with Gasteiger partial charge >= 0.3 is 12.1 Å². The Morgan fingerprint density at radius 3 is 2.81 bits per heavy atom. The van der Waals surface area contributed by atoms with Gasteiger partial charge in [0, 0.05) is 16.9 Å². The summed E-state index contributed by atoms with van der Waals surface area (Å²) in [5.74, 6) is -0.705. The third-order valence-electron chi connectivity index (χ3n) is 5.05. The van der Waals surface area contributed by atoms with E-state index in [1.165, 1.54) is 13.4 Å². The van der Waals surface area contributed by atoms with Crippen LogP contribution in [0.5, 0.6) is 0 Å². The van der Waals surface area contributed by atoms with Gasteiger partial charge in [-0.2, -0.15) is 0 Å². The van der Waals surface area contributed by atoms with Gasteiger partial charge in [-0.15, -0.1) is 0 Å². The van der Waals surface area contributed by atoms with Crippen molar-refractivity contribution in [1.82, 2.24) is 5.32 Å². The lowest BCUT2D eigenvalue weighted by Gasteiger charge is -2.33. The van der Waals surface area contributed by atoms with Crippen LogP contribution in [0.15, 0.2) is 46.2 Å². The summed E-state index contributed by atoms with van der Waals surface area (Å²) in [5, 5.41) is 2.76. The van der Waals surface area contributed by atoms with Gasteiger partial charge in [0.2, 0.25) is 0 Å². The van der Waals surface area contributed by atoms with Crippen LogP contribution in [0, 0.1) is 18.8 Å². The van der Waals surface area contributed by atoms with Crippen molar-refractivity contribution in [1.29, 1.82) is 0 Å². The fraction of sp³-hybridized carbons (Fsp3) is 0.400. The Labute approximate surface area is 166 Å². The van der Waals surface area contributed by atoms with Crippen molar-refractivity contribution in [3.63, 3.8) is 0 Å². The van der Waals surface area contributed by atoms with E-state index in [0.29, 0.717) is 18.5 Å². The van der Waals surface area contributed by atoms with Crippen LogP contribution in [0.3, 0.4) is 0 Å². The molecule has 1 amide bonds. The summed E-state index contributed by atoms with van der Waals surface area (Å²) in [6.07, 6.45) is 2.76. The number of benzene rings is 1. The molecule has 1 aliphatic heterocycles. The first kappa shape index (κ1) is 19.5. The molecule has 3 atom stereocenters. The first-order valence-corrected chi connectivity index (χ1v) is 9.50. The number of aryl methyl sites for hydroxylation is 1. The maximum absolute atomic E-state index is 12.3. The summed E-state index contributed by atoms with van der Waals surface area (Å²) in [6, 6.07) is 5.86. The molecule has 0 radical (unpaired) electrons. The first-order chi connectivity index (χ1) is 12.9. The van der Waals surface area contributed by atoms with Crippen LogP contribution in [0.2, 0.25) is 0 Å². The van der Waals surface area contributed by atoms with Crippen molar-refractivity contribution in [2.75, 3.05) is 7.11 Å². The number of allylic oxidation sites excluding steroid dienone is 1. The number of esters is 1. The van der Waals surface area contributed by atoms with E-state index < -0.39 is 18.4 Å². The molecule has 3 rings (SSSR count). The zero-order chi connectivity index (χ0) is 19.6. The van der Waals surface area contributed by atoms with Gasteiger partial charge in [-0.25, -0.2) is 9.59 Å². The average molecular weight is 436 g/mol. The van der Waals surface area contributed by atoms with E-state index in [9.17, 15) is 9.59 Å². The molecule has 0 saturated carbocycles. The highest BCUT2D eigenvalue weighted by atomic mass is 79.9. The SMILES string of the molecule is COC(=O)C1=COC(OC(=O)NCc2ccc(Br)cc2C)C2C(C)=CCC12. The minimum atomic E-state index is -0.770. The normalized spacial score (nSPS) is 23.5. The Kier molecular flexibility index (Phi) is 5.89. The Hall–Kier alpha value is -2.28. The number of carbonyl (C=O) groups is 2. The summed E-state index contributed by atoms with van der Waals surface area (Å²) in [4.78, 5) is 24.2. The second-order valence-corrected chi connectivity index (χ2v) is 7.63. The monoisotopic (exact) mass is 435 g/mol. The van der Waals surface area contributed by atoms with Gasteiger partial charge in [0.25, 0.3) is 6.29 Å². The van der Waals surface area contributed by atoms with E-state index >= 15 is 0 Å². The molecule has 6 nitrogen and oxygen atoms in total. The Bertz CT molecular complexity index is 817. The summed E-state index contributed by atoms with van der Waals surface area (Å²) in [6.45, 7) is 4.29. The van der Waals surface area contributed by atoms with Crippen LogP contribution in [0.4, 0.5) is 4.79 Å². The van der Waals surface area contributed by atoms with Gasteiger partial charge in [-0.1, -0.05) is 33.6 Å².